The fraction of sp³-hybridized carbons (Fsp3) is 0.444. The van der Waals surface area contributed by atoms with Crippen LogP contribution in [-0.2, 0) is 30.9 Å². The summed E-state index contributed by atoms with van der Waals surface area (Å²) in [5, 5.41) is 11.6. The van der Waals surface area contributed by atoms with Gasteiger partial charge in [-0.25, -0.2) is 4.68 Å². The van der Waals surface area contributed by atoms with E-state index in [0.29, 0.717) is 44.4 Å². The van der Waals surface area contributed by atoms with Crippen LogP contribution in [0.2, 0.25) is 0 Å². The monoisotopic (exact) mass is 491 g/mol. The van der Waals surface area contributed by atoms with Crippen LogP contribution < -0.4 is 19.5 Å². The molecular formula is C27H33N5O4. The Morgan fingerprint density at radius 1 is 1.11 bits per heavy atom. The van der Waals surface area contributed by atoms with E-state index in [1.54, 1.807) is 11.8 Å². The van der Waals surface area contributed by atoms with Gasteiger partial charge in [-0.1, -0.05) is 29.5 Å². The Bertz CT molecular complexity index is 1160. The molecule has 0 radical (unpaired) electrons. The number of fused-ring (bicyclic) bond motifs is 8. The number of nitrogens with one attached hydrogen (secondary N) is 1. The van der Waals surface area contributed by atoms with E-state index in [1.807, 2.05) is 42.6 Å². The van der Waals surface area contributed by atoms with Gasteiger partial charge in [0.1, 0.15) is 24.7 Å². The SMILES string of the molecule is COc1cccc2c1OCc1cn(nn1)CCOc1ccc(cc1)CC(=O)NCC1CCCN(C2)C1. The predicted molar refractivity (Wildman–Crippen MR) is 134 cm³/mol. The van der Waals surface area contributed by atoms with Gasteiger partial charge in [-0.3, -0.25) is 9.69 Å². The number of ether oxygens (including phenoxy) is 3. The minimum absolute atomic E-state index is 0.0494. The van der Waals surface area contributed by atoms with Crippen molar-refractivity contribution in [2.24, 2.45) is 5.92 Å². The van der Waals surface area contributed by atoms with E-state index in [9.17, 15) is 4.79 Å². The van der Waals surface area contributed by atoms with Crippen molar-refractivity contribution < 1.29 is 19.0 Å². The first-order chi connectivity index (χ1) is 17.7. The van der Waals surface area contributed by atoms with Crippen LogP contribution in [-0.4, -0.2) is 59.2 Å². The molecule has 3 aromatic rings. The number of hydrogen-bond acceptors (Lipinski definition) is 7. The first kappa shape index (κ1) is 24.1. The normalized spacial score (nSPS) is 21.1. The number of benzene rings is 2. The van der Waals surface area contributed by atoms with E-state index >= 15 is 0 Å². The number of amides is 1. The average Bonchev–Trinajstić information content (AvgIpc) is 3.35. The number of nitrogens with zero attached hydrogens (tertiary/aromatic N) is 4. The fourth-order valence-corrected chi connectivity index (χ4v) is 4.84. The second-order valence-corrected chi connectivity index (χ2v) is 9.43. The molecule has 9 nitrogen and oxygen atoms in total. The largest absolute Gasteiger partial charge is 0.493 e. The summed E-state index contributed by atoms with van der Waals surface area (Å²) in [4.78, 5) is 15.0. The zero-order chi connectivity index (χ0) is 24.7. The molecular weight excluding hydrogens is 458 g/mol. The Hall–Kier alpha value is -3.59. The molecule has 2 unspecified atom stereocenters. The summed E-state index contributed by atoms with van der Waals surface area (Å²) >= 11 is 0. The van der Waals surface area contributed by atoms with Crippen molar-refractivity contribution in [3.05, 3.63) is 65.5 Å². The molecule has 0 spiro atoms. The molecule has 9 heteroatoms. The summed E-state index contributed by atoms with van der Waals surface area (Å²) in [6, 6.07) is 13.7. The number of carbonyl (C=O) groups excluding carboxylic acids is 1. The first-order valence-corrected chi connectivity index (χ1v) is 12.5. The third-order valence-electron chi connectivity index (χ3n) is 6.69. The van der Waals surface area contributed by atoms with E-state index in [-0.39, 0.29) is 5.91 Å². The van der Waals surface area contributed by atoms with Crippen LogP contribution in [0.4, 0.5) is 0 Å². The maximum atomic E-state index is 12.6. The summed E-state index contributed by atoms with van der Waals surface area (Å²) in [5.74, 6) is 2.67. The van der Waals surface area contributed by atoms with Crippen LogP contribution in [0.3, 0.4) is 0 Å². The van der Waals surface area contributed by atoms with E-state index in [0.717, 1.165) is 60.8 Å². The second kappa shape index (κ2) is 11.4. The summed E-state index contributed by atoms with van der Waals surface area (Å²) in [6.07, 6.45) is 4.45. The minimum Gasteiger partial charge on any atom is -0.493 e. The zero-order valence-corrected chi connectivity index (χ0v) is 20.7. The average molecular weight is 492 g/mol. The van der Waals surface area contributed by atoms with Gasteiger partial charge in [0.2, 0.25) is 5.91 Å². The molecule has 4 heterocycles. The number of hydrogen-bond donors (Lipinski definition) is 1. The zero-order valence-electron chi connectivity index (χ0n) is 20.7. The van der Waals surface area contributed by atoms with Crippen molar-refractivity contribution in [2.45, 2.75) is 39.0 Å². The number of methoxy groups -OCH3 is 1. The quantitative estimate of drug-likeness (QED) is 0.560. The van der Waals surface area contributed by atoms with Crippen LogP contribution in [0.25, 0.3) is 0 Å². The Kier molecular flexibility index (Phi) is 7.66. The molecule has 1 N–H and O–H groups in total. The maximum Gasteiger partial charge on any atom is 0.224 e. The Balaban J connectivity index is 1.36. The molecule has 6 bridgehead atoms. The molecule has 3 aliphatic heterocycles. The highest BCUT2D eigenvalue weighted by Crippen LogP contribution is 2.33. The van der Waals surface area contributed by atoms with Gasteiger partial charge in [-0.2, -0.15) is 0 Å². The highest BCUT2D eigenvalue weighted by atomic mass is 16.5. The Morgan fingerprint density at radius 2 is 2.00 bits per heavy atom. The lowest BCUT2D eigenvalue weighted by atomic mass is 9.97. The van der Waals surface area contributed by atoms with Gasteiger partial charge < -0.3 is 19.5 Å². The predicted octanol–water partition coefficient (Wildman–Crippen LogP) is 2.83. The van der Waals surface area contributed by atoms with E-state index < -0.39 is 0 Å². The molecule has 1 amide bonds. The molecule has 0 aliphatic carbocycles. The van der Waals surface area contributed by atoms with Crippen LogP contribution >= 0.6 is 0 Å². The Labute approximate surface area is 211 Å². The highest BCUT2D eigenvalue weighted by molar-refractivity contribution is 5.78. The Morgan fingerprint density at radius 3 is 2.86 bits per heavy atom. The standard InChI is InChI=1S/C27H33N5O4/c1-34-25-6-2-5-22-17-31-11-3-4-21(16-31)15-28-26(33)14-20-7-9-24(10-8-20)35-13-12-32-18-23(29-30-32)19-36-27(22)25/h2,5-10,18,21H,3-4,11-17,19H2,1H3,(H,28,33). The summed E-state index contributed by atoms with van der Waals surface area (Å²) in [7, 11) is 1.66. The molecule has 2 aromatic carbocycles. The molecule has 190 valence electrons. The number of aromatic nitrogens is 3. The number of piperidine rings is 1. The van der Waals surface area contributed by atoms with Gasteiger partial charge in [-0.15, -0.1) is 5.10 Å². The third kappa shape index (κ3) is 6.15. The molecule has 2 atom stereocenters. The molecule has 1 fully saturated rings. The summed E-state index contributed by atoms with van der Waals surface area (Å²) in [6.45, 7) is 4.71. The maximum absolute atomic E-state index is 12.6. The van der Waals surface area contributed by atoms with Crippen molar-refractivity contribution in [1.82, 2.24) is 25.2 Å². The van der Waals surface area contributed by atoms with Crippen molar-refractivity contribution in [3.8, 4) is 17.2 Å². The minimum atomic E-state index is 0.0494. The molecule has 3 aliphatic rings. The van der Waals surface area contributed by atoms with Crippen LogP contribution in [0.15, 0.2) is 48.7 Å². The van der Waals surface area contributed by atoms with Crippen molar-refractivity contribution in [2.75, 3.05) is 33.4 Å². The highest BCUT2D eigenvalue weighted by Gasteiger charge is 2.23. The van der Waals surface area contributed by atoms with Crippen LogP contribution in [0.1, 0.15) is 29.7 Å². The van der Waals surface area contributed by atoms with Gasteiger partial charge in [0.15, 0.2) is 11.5 Å². The van der Waals surface area contributed by atoms with Crippen molar-refractivity contribution in [3.63, 3.8) is 0 Å². The molecule has 0 saturated carbocycles. The van der Waals surface area contributed by atoms with E-state index in [2.05, 4.69) is 26.6 Å². The summed E-state index contributed by atoms with van der Waals surface area (Å²) in [5.41, 5.74) is 2.79. The number of para-hydroxylation sites is 1. The smallest absolute Gasteiger partial charge is 0.224 e. The lowest BCUT2D eigenvalue weighted by Gasteiger charge is -2.33. The van der Waals surface area contributed by atoms with Gasteiger partial charge in [0, 0.05) is 25.2 Å². The molecule has 6 rings (SSSR count). The van der Waals surface area contributed by atoms with Gasteiger partial charge in [-0.05, 0) is 49.1 Å². The summed E-state index contributed by atoms with van der Waals surface area (Å²) < 4.78 is 19.4. The fourth-order valence-electron chi connectivity index (χ4n) is 4.84. The van der Waals surface area contributed by atoms with Crippen LogP contribution in [0, 0.1) is 5.92 Å². The third-order valence-corrected chi connectivity index (χ3v) is 6.69. The molecule has 1 aromatic heterocycles. The molecule has 36 heavy (non-hydrogen) atoms. The van der Waals surface area contributed by atoms with Gasteiger partial charge >= 0.3 is 0 Å². The van der Waals surface area contributed by atoms with E-state index in [1.165, 1.54) is 0 Å². The van der Waals surface area contributed by atoms with Gasteiger partial charge in [0.25, 0.3) is 0 Å². The topological polar surface area (TPSA) is 90.7 Å². The number of carbonyl (C=O) groups is 1. The molecule has 1 saturated heterocycles. The number of rotatable bonds is 1. The lowest BCUT2D eigenvalue weighted by Crippen LogP contribution is -2.40. The van der Waals surface area contributed by atoms with Crippen molar-refractivity contribution >= 4 is 5.91 Å². The van der Waals surface area contributed by atoms with Crippen LogP contribution in [0.5, 0.6) is 17.2 Å². The first-order valence-electron chi connectivity index (χ1n) is 12.5. The van der Waals surface area contributed by atoms with E-state index in [4.69, 9.17) is 14.2 Å². The second-order valence-electron chi connectivity index (χ2n) is 9.43. The lowest BCUT2D eigenvalue weighted by molar-refractivity contribution is -0.120. The van der Waals surface area contributed by atoms with Gasteiger partial charge in [0.05, 0.1) is 26.3 Å². The van der Waals surface area contributed by atoms with Crippen molar-refractivity contribution in [1.29, 1.82) is 0 Å².